The number of ketones is 2. The number of rotatable bonds is 4. The third-order valence-electron chi connectivity index (χ3n) is 1.65. The summed E-state index contributed by atoms with van der Waals surface area (Å²) < 4.78 is 0. The van der Waals surface area contributed by atoms with Gasteiger partial charge in [-0.25, -0.2) is 0 Å². The first kappa shape index (κ1) is 11.3. The van der Waals surface area contributed by atoms with E-state index in [1.165, 1.54) is 13.8 Å². The topological polar surface area (TPSA) is 81.7 Å². The van der Waals surface area contributed by atoms with Gasteiger partial charge < -0.3 is 0 Å². The quantitative estimate of drug-likeness (QED) is 0.638. The Hall–Kier alpha value is -1.68. The van der Waals surface area contributed by atoms with E-state index in [2.05, 4.69) is 0 Å². The van der Waals surface area contributed by atoms with Crippen molar-refractivity contribution >= 4 is 11.6 Å². The molecule has 0 spiro atoms. The molecular weight excluding hydrogens is 168 g/mol. The highest BCUT2D eigenvalue weighted by Gasteiger charge is 2.26. The molecule has 0 fully saturated rings. The van der Waals surface area contributed by atoms with Crippen LogP contribution in [0.1, 0.15) is 20.3 Å². The molecule has 2 unspecified atom stereocenters. The summed E-state index contributed by atoms with van der Waals surface area (Å²) in [6.45, 7) is 2.58. The Kier molecular flexibility index (Phi) is 4.40. The fourth-order valence-electron chi connectivity index (χ4n) is 1.01. The van der Waals surface area contributed by atoms with E-state index in [4.69, 9.17) is 10.5 Å². The molecule has 2 atom stereocenters. The van der Waals surface area contributed by atoms with Gasteiger partial charge in [0.2, 0.25) is 0 Å². The molecule has 13 heavy (non-hydrogen) atoms. The number of nitrogens with zero attached hydrogens (tertiary/aromatic N) is 2. The van der Waals surface area contributed by atoms with Crippen LogP contribution in [0.3, 0.4) is 0 Å². The second-order valence-electron chi connectivity index (χ2n) is 2.86. The van der Waals surface area contributed by atoms with Gasteiger partial charge in [0, 0.05) is 6.42 Å². The first-order valence-corrected chi connectivity index (χ1v) is 3.82. The molecule has 0 radical (unpaired) electrons. The molecule has 0 aliphatic rings. The molecule has 4 heteroatoms. The van der Waals surface area contributed by atoms with E-state index in [9.17, 15) is 9.59 Å². The Bertz CT molecular complexity index is 296. The maximum absolute atomic E-state index is 10.9. The van der Waals surface area contributed by atoms with E-state index in [0.717, 1.165) is 0 Å². The van der Waals surface area contributed by atoms with Crippen molar-refractivity contribution in [1.29, 1.82) is 10.5 Å². The highest BCUT2D eigenvalue weighted by atomic mass is 16.1. The van der Waals surface area contributed by atoms with Crippen molar-refractivity contribution in [2.75, 3.05) is 0 Å². The summed E-state index contributed by atoms with van der Waals surface area (Å²) in [7, 11) is 0. The van der Waals surface area contributed by atoms with Crippen LogP contribution in [-0.4, -0.2) is 11.6 Å². The number of hydrogen-bond acceptors (Lipinski definition) is 4. The fourth-order valence-corrected chi connectivity index (χ4v) is 1.01. The Morgan fingerprint density at radius 2 is 1.77 bits per heavy atom. The highest BCUT2D eigenvalue weighted by molar-refractivity contribution is 5.83. The van der Waals surface area contributed by atoms with E-state index in [-0.39, 0.29) is 18.0 Å². The van der Waals surface area contributed by atoms with Crippen molar-refractivity contribution in [3.63, 3.8) is 0 Å². The Morgan fingerprint density at radius 3 is 2.00 bits per heavy atom. The predicted molar refractivity (Wildman–Crippen MR) is 44.2 cm³/mol. The van der Waals surface area contributed by atoms with Crippen molar-refractivity contribution in [3.05, 3.63) is 0 Å². The largest absolute Gasteiger partial charge is 0.300 e. The SMILES string of the molecule is CC(=O)CC(C#N)C(C#N)C(C)=O. The molecule has 0 amide bonds. The Balaban J connectivity index is 4.58. The summed E-state index contributed by atoms with van der Waals surface area (Å²) in [5.41, 5.74) is 0. The minimum absolute atomic E-state index is 0.0334. The summed E-state index contributed by atoms with van der Waals surface area (Å²) in [6.07, 6.45) is -0.0334. The van der Waals surface area contributed by atoms with Crippen molar-refractivity contribution < 1.29 is 9.59 Å². The fraction of sp³-hybridized carbons (Fsp3) is 0.556. The van der Waals surface area contributed by atoms with E-state index in [1.807, 2.05) is 0 Å². The van der Waals surface area contributed by atoms with Gasteiger partial charge in [-0.15, -0.1) is 0 Å². The number of carbonyl (C=O) groups excluding carboxylic acids is 2. The number of carbonyl (C=O) groups is 2. The normalized spacial score (nSPS) is 13.5. The molecule has 0 N–H and O–H groups in total. The predicted octanol–water partition coefficient (Wildman–Crippen LogP) is 0.834. The molecule has 0 heterocycles. The van der Waals surface area contributed by atoms with Crippen LogP contribution in [0.5, 0.6) is 0 Å². The zero-order valence-corrected chi connectivity index (χ0v) is 7.57. The van der Waals surface area contributed by atoms with Crippen LogP contribution in [0.2, 0.25) is 0 Å². The van der Waals surface area contributed by atoms with Crippen molar-refractivity contribution in [2.45, 2.75) is 20.3 Å². The van der Waals surface area contributed by atoms with E-state index < -0.39 is 11.8 Å². The summed E-state index contributed by atoms with van der Waals surface area (Å²) in [6, 6.07) is 3.54. The third kappa shape index (κ3) is 3.48. The zero-order valence-electron chi connectivity index (χ0n) is 7.57. The van der Waals surface area contributed by atoms with Crippen LogP contribution in [0, 0.1) is 34.5 Å². The van der Waals surface area contributed by atoms with E-state index >= 15 is 0 Å². The summed E-state index contributed by atoms with van der Waals surface area (Å²) in [5.74, 6) is -2.34. The van der Waals surface area contributed by atoms with Gasteiger partial charge in [-0.3, -0.25) is 9.59 Å². The van der Waals surface area contributed by atoms with Gasteiger partial charge in [-0.2, -0.15) is 10.5 Å². The average molecular weight is 178 g/mol. The van der Waals surface area contributed by atoms with Crippen molar-refractivity contribution in [1.82, 2.24) is 0 Å². The molecule has 0 saturated carbocycles. The smallest absolute Gasteiger partial charge is 0.148 e. The van der Waals surface area contributed by atoms with Gasteiger partial charge in [0.25, 0.3) is 0 Å². The monoisotopic (exact) mass is 178 g/mol. The van der Waals surface area contributed by atoms with Gasteiger partial charge in [0.05, 0.1) is 18.1 Å². The van der Waals surface area contributed by atoms with Crippen LogP contribution in [0.4, 0.5) is 0 Å². The van der Waals surface area contributed by atoms with E-state index in [1.54, 1.807) is 12.1 Å². The van der Waals surface area contributed by atoms with Gasteiger partial charge >= 0.3 is 0 Å². The molecule has 0 aromatic carbocycles. The molecule has 0 saturated heterocycles. The maximum atomic E-state index is 10.9. The average Bonchev–Trinajstić information content (AvgIpc) is 2.02. The summed E-state index contributed by atoms with van der Waals surface area (Å²) >= 11 is 0. The maximum Gasteiger partial charge on any atom is 0.148 e. The summed E-state index contributed by atoms with van der Waals surface area (Å²) in [4.78, 5) is 21.6. The molecule has 0 rings (SSSR count). The number of Topliss-reactive ketones (excluding diaryl/α,β-unsaturated/α-hetero) is 2. The first-order valence-electron chi connectivity index (χ1n) is 3.82. The second-order valence-corrected chi connectivity index (χ2v) is 2.86. The molecular formula is C9H10N2O2. The molecule has 0 aromatic rings. The van der Waals surface area contributed by atoms with Crippen LogP contribution in [-0.2, 0) is 9.59 Å². The van der Waals surface area contributed by atoms with Crippen LogP contribution in [0.25, 0.3) is 0 Å². The molecule has 4 nitrogen and oxygen atoms in total. The lowest BCUT2D eigenvalue weighted by atomic mass is 9.88. The van der Waals surface area contributed by atoms with Gasteiger partial charge in [0.15, 0.2) is 0 Å². The van der Waals surface area contributed by atoms with Crippen LogP contribution < -0.4 is 0 Å². The lowest BCUT2D eigenvalue weighted by Crippen LogP contribution is -2.21. The van der Waals surface area contributed by atoms with Crippen molar-refractivity contribution in [3.8, 4) is 12.1 Å². The van der Waals surface area contributed by atoms with Crippen LogP contribution >= 0.6 is 0 Å². The molecule has 0 aliphatic carbocycles. The second kappa shape index (κ2) is 5.05. The number of hydrogen-bond donors (Lipinski definition) is 0. The lowest BCUT2D eigenvalue weighted by molar-refractivity contribution is -0.121. The lowest BCUT2D eigenvalue weighted by Gasteiger charge is -2.09. The molecule has 0 aromatic heterocycles. The minimum atomic E-state index is -0.978. The van der Waals surface area contributed by atoms with Gasteiger partial charge in [0.1, 0.15) is 17.5 Å². The standard InChI is InChI=1S/C9H10N2O2/c1-6(12)3-8(4-10)9(5-11)7(2)13/h8-9H,3H2,1-2H3. The molecule has 0 aliphatic heterocycles. The Morgan fingerprint density at radius 1 is 1.23 bits per heavy atom. The zero-order chi connectivity index (χ0) is 10.4. The first-order chi connectivity index (χ1) is 6.02. The third-order valence-corrected chi connectivity index (χ3v) is 1.65. The van der Waals surface area contributed by atoms with Gasteiger partial charge in [-0.1, -0.05) is 0 Å². The van der Waals surface area contributed by atoms with Crippen molar-refractivity contribution in [2.24, 2.45) is 11.8 Å². The Labute approximate surface area is 76.8 Å². The number of nitriles is 2. The highest BCUT2D eigenvalue weighted by Crippen LogP contribution is 2.15. The van der Waals surface area contributed by atoms with Crippen LogP contribution in [0.15, 0.2) is 0 Å². The molecule has 68 valence electrons. The van der Waals surface area contributed by atoms with E-state index in [0.29, 0.717) is 0 Å². The minimum Gasteiger partial charge on any atom is -0.300 e. The molecule has 0 bridgehead atoms. The van der Waals surface area contributed by atoms with Gasteiger partial charge in [-0.05, 0) is 13.8 Å². The summed E-state index contributed by atoms with van der Waals surface area (Å²) in [5, 5.41) is 17.2.